The molecule has 1 aromatic rings. The Morgan fingerprint density at radius 2 is 2.20 bits per heavy atom. The van der Waals surface area contributed by atoms with Gasteiger partial charge in [0.2, 0.25) is 0 Å². The van der Waals surface area contributed by atoms with E-state index in [1.54, 1.807) is 11.4 Å². The summed E-state index contributed by atoms with van der Waals surface area (Å²) in [4.78, 5) is 12.3. The number of hydrogen-bond donors (Lipinski definition) is 2. The van der Waals surface area contributed by atoms with Crippen LogP contribution in [0.15, 0.2) is 11.4 Å². The number of halogens is 3. The lowest BCUT2D eigenvalue weighted by atomic mass is 10.2. The van der Waals surface area contributed by atoms with Gasteiger partial charge in [-0.05, 0) is 12.5 Å². The van der Waals surface area contributed by atoms with Crippen LogP contribution in [0.4, 0.5) is 13.2 Å². The molecule has 3 nitrogen and oxygen atoms in total. The number of alkyl halides is 3. The minimum Gasteiger partial charge on any atom is -0.395 e. The van der Waals surface area contributed by atoms with Gasteiger partial charge in [-0.3, -0.25) is 4.79 Å². The average Bonchev–Trinajstić information content (AvgIpc) is 2.82. The summed E-state index contributed by atoms with van der Waals surface area (Å²) in [5.74, 6) is 5.11. The maximum absolute atomic E-state index is 11.9. The van der Waals surface area contributed by atoms with E-state index in [-0.39, 0.29) is 19.6 Å². The Bertz CT molecular complexity index is 500. The van der Waals surface area contributed by atoms with Crippen molar-refractivity contribution in [3.63, 3.8) is 0 Å². The highest BCUT2D eigenvalue weighted by Gasteiger charge is 2.26. The summed E-state index contributed by atoms with van der Waals surface area (Å²) in [7, 11) is 0. The fourth-order valence-corrected chi connectivity index (χ4v) is 2.07. The Balaban J connectivity index is 2.39. The first-order valence-corrected chi connectivity index (χ1v) is 6.83. The molecule has 0 aliphatic heterocycles. The topological polar surface area (TPSA) is 49.3 Å². The summed E-state index contributed by atoms with van der Waals surface area (Å²) >= 11 is 1.28. The summed E-state index contributed by atoms with van der Waals surface area (Å²) in [5, 5.41) is 12.6. The number of carbonyl (C=O) groups is 1. The number of amides is 1. The number of nitrogens with one attached hydrogen (secondary N) is 1. The van der Waals surface area contributed by atoms with Crippen LogP contribution in [-0.2, 0) is 0 Å². The van der Waals surface area contributed by atoms with Crippen molar-refractivity contribution in [2.75, 3.05) is 13.2 Å². The van der Waals surface area contributed by atoms with Crippen LogP contribution in [0.2, 0.25) is 0 Å². The molecule has 0 saturated heterocycles. The van der Waals surface area contributed by atoms with Crippen molar-refractivity contribution in [1.29, 1.82) is 0 Å². The third kappa shape index (κ3) is 6.59. The fraction of sp³-hybridized carbons (Fsp3) is 0.462. The van der Waals surface area contributed by atoms with E-state index in [0.29, 0.717) is 16.9 Å². The van der Waals surface area contributed by atoms with Gasteiger partial charge in [-0.1, -0.05) is 11.8 Å². The first-order valence-electron chi connectivity index (χ1n) is 5.95. The van der Waals surface area contributed by atoms with E-state index in [2.05, 4.69) is 17.2 Å². The highest BCUT2D eigenvalue weighted by Crippen LogP contribution is 2.20. The second kappa shape index (κ2) is 7.92. The summed E-state index contributed by atoms with van der Waals surface area (Å²) in [6.07, 6.45) is -4.88. The SMILES string of the molecule is O=C(NCCCC(F)(F)F)c1csc(C#CCCO)c1. The maximum Gasteiger partial charge on any atom is 0.389 e. The zero-order valence-corrected chi connectivity index (χ0v) is 11.4. The quantitative estimate of drug-likeness (QED) is 0.649. The van der Waals surface area contributed by atoms with Crippen molar-refractivity contribution in [1.82, 2.24) is 5.32 Å². The van der Waals surface area contributed by atoms with Crippen LogP contribution >= 0.6 is 11.3 Å². The number of hydrogen-bond acceptors (Lipinski definition) is 3. The molecule has 0 saturated carbocycles. The van der Waals surface area contributed by atoms with E-state index in [1.807, 2.05) is 0 Å². The van der Waals surface area contributed by atoms with Gasteiger partial charge in [0.05, 0.1) is 17.0 Å². The Morgan fingerprint density at radius 1 is 1.45 bits per heavy atom. The zero-order chi connectivity index (χ0) is 15.0. The van der Waals surface area contributed by atoms with Crippen molar-refractivity contribution in [3.8, 4) is 11.8 Å². The van der Waals surface area contributed by atoms with E-state index in [9.17, 15) is 18.0 Å². The van der Waals surface area contributed by atoms with Crippen LogP contribution in [0.3, 0.4) is 0 Å². The molecule has 0 aliphatic carbocycles. The molecule has 7 heteroatoms. The van der Waals surface area contributed by atoms with Gasteiger partial charge in [0, 0.05) is 24.8 Å². The second-order valence-electron chi connectivity index (χ2n) is 3.95. The maximum atomic E-state index is 11.9. The van der Waals surface area contributed by atoms with Gasteiger partial charge in [-0.25, -0.2) is 0 Å². The van der Waals surface area contributed by atoms with E-state index >= 15 is 0 Å². The van der Waals surface area contributed by atoms with Crippen molar-refractivity contribution in [2.24, 2.45) is 0 Å². The normalized spacial score (nSPS) is 10.8. The fourth-order valence-electron chi connectivity index (χ4n) is 1.32. The van der Waals surface area contributed by atoms with Crippen LogP contribution in [-0.4, -0.2) is 30.3 Å². The average molecular weight is 305 g/mol. The summed E-state index contributed by atoms with van der Waals surface area (Å²) in [6, 6.07) is 1.58. The third-order valence-electron chi connectivity index (χ3n) is 2.23. The largest absolute Gasteiger partial charge is 0.395 e. The van der Waals surface area contributed by atoms with Crippen molar-refractivity contribution < 1.29 is 23.1 Å². The predicted molar refractivity (Wildman–Crippen MR) is 70.5 cm³/mol. The van der Waals surface area contributed by atoms with Gasteiger partial charge in [0.25, 0.3) is 5.91 Å². The van der Waals surface area contributed by atoms with Crippen LogP contribution in [0.1, 0.15) is 34.5 Å². The first kappa shape index (κ1) is 16.5. The molecule has 0 aromatic carbocycles. The first-order chi connectivity index (χ1) is 9.42. The van der Waals surface area contributed by atoms with Crippen molar-refractivity contribution >= 4 is 17.2 Å². The van der Waals surface area contributed by atoms with E-state index in [4.69, 9.17) is 5.11 Å². The number of rotatable bonds is 5. The molecule has 0 fully saturated rings. The molecular weight excluding hydrogens is 291 g/mol. The lowest BCUT2D eigenvalue weighted by Crippen LogP contribution is -2.25. The number of aliphatic hydroxyl groups is 1. The minimum absolute atomic E-state index is 0.0142. The molecule has 1 heterocycles. The molecule has 2 N–H and O–H groups in total. The lowest BCUT2D eigenvalue weighted by molar-refractivity contribution is -0.135. The van der Waals surface area contributed by atoms with E-state index < -0.39 is 18.5 Å². The standard InChI is InChI=1S/C13H14F3NO2S/c14-13(15,16)5-3-6-17-12(19)10-8-11(20-9-10)4-1-2-7-18/h8-9,18H,2-3,5-7H2,(H,17,19). The molecule has 0 unspecified atom stereocenters. The van der Waals surface area contributed by atoms with Crippen LogP contribution < -0.4 is 5.32 Å². The summed E-state index contributed by atoms with van der Waals surface area (Å²) in [5.41, 5.74) is 0.385. The van der Waals surface area contributed by atoms with Gasteiger partial charge in [-0.15, -0.1) is 11.3 Å². The molecule has 1 amide bonds. The molecule has 1 rings (SSSR count). The Labute approximate surface area is 118 Å². The summed E-state index contributed by atoms with van der Waals surface area (Å²) < 4.78 is 35.7. The number of aliphatic hydroxyl groups excluding tert-OH is 1. The monoisotopic (exact) mass is 305 g/mol. The molecule has 110 valence electrons. The second-order valence-corrected chi connectivity index (χ2v) is 4.86. The molecule has 0 atom stereocenters. The molecular formula is C13H14F3NO2S. The molecule has 0 aliphatic rings. The Hall–Kier alpha value is -1.52. The molecule has 0 spiro atoms. The molecule has 1 aromatic heterocycles. The van der Waals surface area contributed by atoms with E-state index in [0.717, 1.165) is 0 Å². The molecule has 20 heavy (non-hydrogen) atoms. The van der Waals surface area contributed by atoms with Gasteiger partial charge < -0.3 is 10.4 Å². The van der Waals surface area contributed by atoms with Crippen LogP contribution in [0.5, 0.6) is 0 Å². The predicted octanol–water partition coefficient (Wildman–Crippen LogP) is 2.55. The number of thiophene rings is 1. The van der Waals surface area contributed by atoms with Gasteiger partial charge in [-0.2, -0.15) is 13.2 Å². The van der Waals surface area contributed by atoms with E-state index in [1.165, 1.54) is 11.3 Å². The van der Waals surface area contributed by atoms with Gasteiger partial charge in [0.15, 0.2) is 0 Å². The number of carbonyl (C=O) groups excluding carboxylic acids is 1. The molecule has 0 bridgehead atoms. The summed E-state index contributed by atoms with van der Waals surface area (Å²) in [6.45, 7) is -0.0371. The highest BCUT2D eigenvalue weighted by molar-refractivity contribution is 7.10. The lowest BCUT2D eigenvalue weighted by Gasteiger charge is -2.06. The third-order valence-corrected chi connectivity index (χ3v) is 3.08. The Morgan fingerprint density at radius 3 is 2.85 bits per heavy atom. The minimum atomic E-state index is -4.19. The van der Waals surface area contributed by atoms with Crippen LogP contribution in [0.25, 0.3) is 0 Å². The van der Waals surface area contributed by atoms with Crippen molar-refractivity contribution in [3.05, 3.63) is 21.9 Å². The highest BCUT2D eigenvalue weighted by atomic mass is 32.1. The smallest absolute Gasteiger partial charge is 0.389 e. The van der Waals surface area contributed by atoms with Crippen molar-refractivity contribution in [2.45, 2.75) is 25.4 Å². The van der Waals surface area contributed by atoms with Crippen LogP contribution in [0, 0.1) is 11.8 Å². The zero-order valence-electron chi connectivity index (χ0n) is 10.6. The van der Waals surface area contributed by atoms with Gasteiger partial charge >= 0.3 is 6.18 Å². The van der Waals surface area contributed by atoms with Gasteiger partial charge in [0.1, 0.15) is 0 Å². The molecule has 0 radical (unpaired) electrons. The Kier molecular flexibility index (Phi) is 6.55.